The van der Waals surface area contributed by atoms with Crippen molar-refractivity contribution in [2.45, 2.75) is 143 Å². The quantitative estimate of drug-likeness (QED) is 0.153. The third-order valence-electron chi connectivity index (χ3n) is 25.8. The fraction of sp³-hybridized carbons (Fsp3) is 0.224. The largest absolute Gasteiger partial charge is 0.310 e. The van der Waals surface area contributed by atoms with E-state index < -0.39 is 0 Å². The van der Waals surface area contributed by atoms with Gasteiger partial charge in [-0.1, -0.05) is 242 Å². The average Bonchev–Trinajstić information content (AvgIpc) is 1.76. The summed E-state index contributed by atoms with van der Waals surface area (Å²) in [6.07, 6.45) is 0.883. The Morgan fingerprint density at radius 2 is 0.760 bits per heavy atom. The van der Waals surface area contributed by atoms with Crippen molar-refractivity contribution in [3.8, 4) is 22.7 Å². The van der Waals surface area contributed by atoms with Crippen LogP contribution in [0.1, 0.15) is 154 Å². The monoisotopic (exact) mass is 1340 g/mol. The minimum absolute atomic E-state index is 0.00103. The van der Waals surface area contributed by atoms with Gasteiger partial charge in [0.25, 0.3) is 0 Å². The van der Waals surface area contributed by atoms with Crippen LogP contribution >= 0.6 is 0 Å². The Bertz CT molecular complexity index is 6710. The lowest BCUT2D eigenvalue weighted by atomic mass is 9.30. The van der Waals surface area contributed by atoms with Gasteiger partial charge < -0.3 is 18.3 Å². The van der Waals surface area contributed by atoms with Gasteiger partial charge in [-0.3, -0.25) is 0 Å². The zero-order chi connectivity index (χ0) is 71.1. The maximum atomic E-state index is 2.67. The van der Waals surface area contributed by atoms with E-state index in [9.17, 15) is 0 Å². The molecule has 6 heteroatoms. The van der Waals surface area contributed by atoms with Crippen LogP contribution in [-0.2, 0) is 38.9 Å². The lowest BCUT2D eigenvalue weighted by Gasteiger charge is -2.42. The van der Waals surface area contributed by atoms with E-state index in [1.165, 1.54) is 204 Å². The molecule has 0 saturated heterocycles. The van der Waals surface area contributed by atoms with Crippen LogP contribution in [0.25, 0.3) is 121 Å². The van der Waals surface area contributed by atoms with Crippen LogP contribution in [0, 0.1) is 0 Å². The highest BCUT2D eigenvalue weighted by molar-refractivity contribution is 7.00. The highest BCUT2D eigenvalue weighted by atomic mass is 15.0. The second-order valence-electron chi connectivity index (χ2n) is 36.3. The van der Waals surface area contributed by atoms with E-state index in [4.69, 9.17) is 0 Å². The van der Waals surface area contributed by atoms with E-state index >= 15 is 0 Å². The van der Waals surface area contributed by atoms with Crippen LogP contribution in [-0.4, -0.2) is 31.7 Å². The molecule has 21 rings (SSSR count). The van der Waals surface area contributed by atoms with Gasteiger partial charge in [0, 0.05) is 87.7 Å². The lowest BCUT2D eigenvalue weighted by Crippen LogP contribution is -2.63. The van der Waals surface area contributed by atoms with Crippen LogP contribution in [0.4, 0.5) is 0 Å². The second-order valence-corrected chi connectivity index (χ2v) is 36.3. The summed E-state index contributed by atoms with van der Waals surface area (Å²) in [7, 11) is 0. The van der Waals surface area contributed by atoms with Gasteiger partial charge in [0.15, 0.2) is 0 Å². The number of nitrogens with zero attached hydrogens (tertiary/aromatic N) is 4. The molecule has 504 valence electrons. The number of para-hydroxylation sites is 2. The van der Waals surface area contributed by atoms with E-state index in [-0.39, 0.29) is 45.9 Å². The van der Waals surface area contributed by atoms with Gasteiger partial charge in [-0.25, -0.2) is 0 Å². The fourth-order valence-corrected chi connectivity index (χ4v) is 20.4. The van der Waals surface area contributed by atoms with Crippen LogP contribution in [0.5, 0.6) is 0 Å². The van der Waals surface area contributed by atoms with Crippen LogP contribution in [0.15, 0.2) is 237 Å². The van der Waals surface area contributed by atoms with Gasteiger partial charge in [0.2, 0.25) is 13.4 Å². The third-order valence-corrected chi connectivity index (χ3v) is 25.8. The molecule has 17 aromatic rings. The summed E-state index contributed by atoms with van der Waals surface area (Å²) in [5.41, 5.74) is 35.3. The van der Waals surface area contributed by atoms with E-state index in [2.05, 4.69) is 359 Å². The predicted octanol–water partition coefficient (Wildman–Crippen LogP) is 20.6. The highest BCUT2D eigenvalue weighted by Gasteiger charge is 2.48. The molecule has 0 amide bonds. The Morgan fingerprint density at radius 3 is 1.43 bits per heavy atom. The van der Waals surface area contributed by atoms with Crippen LogP contribution < -0.4 is 32.8 Å². The normalized spacial score (nSPS) is 15.0. The summed E-state index contributed by atoms with van der Waals surface area (Å²) in [6.45, 7) is 36.1. The summed E-state index contributed by atoms with van der Waals surface area (Å²) in [6, 6.07) is 93.5. The maximum Gasteiger partial charge on any atom is 0.247 e. The van der Waals surface area contributed by atoms with Gasteiger partial charge in [-0.05, 0) is 220 Å². The first kappa shape index (κ1) is 62.1. The minimum atomic E-state index is -0.282. The van der Waals surface area contributed by atoms with Gasteiger partial charge in [0.1, 0.15) is 0 Å². The van der Waals surface area contributed by atoms with Crippen molar-refractivity contribution in [1.82, 2.24) is 18.3 Å². The Hall–Kier alpha value is -10.6. The Morgan fingerprint density at radius 1 is 0.288 bits per heavy atom. The SMILES string of the molecule is CC(C)(C)c1ccc(-n2c3ccc(C(C)(C)C)cc3c3cc4c(cc32)B2c3c(cccc3C4(C)C)-n3c4ccc(C(C)(C)Cc5ccc6c(c5)c5cccc7c5n6-c5cccc6c5B7c5cc7c8cc9ccccc9cc8n(-c8ccccc8)c7cc5C6(C)C)cc4c4cc(C(C)(C)C)cc2c43)cc1. The molecular weight excluding hydrogens is 1250 g/mol. The van der Waals surface area contributed by atoms with Crippen molar-refractivity contribution >= 4 is 144 Å². The first-order valence-electron chi connectivity index (χ1n) is 38.0. The molecule has 0 atom stereocenters. The van der Waals surface area contributed by atoms with Gasteiger partial charge >= 0.3 is 0 Å². The van der Waals surface area contributed by atoms with Gasteiger partial charge in [0.05, 0.1) is 33.1 Å². The average molecular weight is 1340 g/mol. The molecule has 0 unspecified atom stereocenters. The van der Waals surface area contributed by atoms with Crippen LogP contribution in [0.2, 0.25) is 0 Å². The van der Waals surface area contributed by atoms with Gasteiger partial charge in [-0.15, -0.1) is 0 Å². The topological polar surface area (TPSA) is 19.7 Å². The number of rotatable bonds is 5. The van der Waals surface area contributed by atoms with Crippen molar-refractivity contribution in [2.24, 2.45) is 0 Å². The molecule has 4 aliphatic rings. The first-order valence-corrected chi connectivity index (χ1v) is 38.0. The molecule has 8 heterocycles. The standard InChI is InChI=1S/C98H86B2N4/c1-93(2,3)59-35-39-64(40-36-59)101-81-42-37-60(94(4,5)6)47-68(81)70-51-75-79(54-88(70)101)100-80-50-62(95(7,8)9)49-72-69-48-61(38-43-83(69)104(92(72)80)85-33-23-30-74(90(85)100)97(75,12)13)96(10,11)55-56-34-41-82-66(44-56)65-28-21-31-77-91(65)103(82)84-32-22-29-73-89(84)99(77)78-52-71-67-45-57-24-19-20-25-58(57)46-86(67)102(63-26-17-16-18-27-63)87(71)53-76(78)98(73,14)15/h16-54H,55H2,1-15H3. The smallest absolute Gasteiger partial charge is 0.247 e. The van der Waals surface area contributed by atoms with Crippen molar-refractivity contribution in [3.63, 3.8) is 0 Å². The predicted molar refractivity (Wildman–Crippen MR) is 447 cm³/mol. The number of benzene rings is 13. The Labute approximate surface area is 610 Å². The van der Waals surface area contributed by atoms with Gasteiger partial charge in [-0.2, -0.15) is 0 Å². The van der Waals surface area contributed by atoms with Crippen molar-refractivity contribution in [3.05, 3.63) is 287 Å². The number of hydrogen-bond acceptors (Lipinski definition) is 0. The van der Waals surface area contributed by atoms with Crippen LogP contribution in [0.3, 0.4) is 0 Å². The summed E-state index contributed by atoms with van der Waals surface area (Å²) in [5, 5.41) is 13.1. The Kier molecular flexibility index (Phi) is 12.2. The molecule has 0 aliphatic carbocycles. The molecule has 0 N–H and O–H groups in total. The molecule has 0 spiro atoms. The molecule has 0 saturated carbocycles. The maximum absolute atomic E-state index is 2.67. The number of fused-ring (bicyclic) bond motifs is 21. The van der Waals surface area contributed by atoms with Crippen molar-refractivity contribution < 1.29 is 0 Å². The molecule has 4 aromatic heterocycles. The summed E-state index contributed by atoms with van der Waals surface area (Å²) < 4.78 is 10.4. The zero-order valence-corrected chi connectivity index (χ0v) is 62.7. The molecular formula is C98H86B2N4. The molecule has 4 nitrogen and oxygen atoms in total. The number of aromatic nitrogens is 4. The molecule has 4 aliphatic heterocycles. The molecule has 13 aromatic carbocycles. The van der Waals surface area contributed by atoms with Crippen molar-refractivity contribution in [1.29, 1.82) is 0 Å². The summed E-state index contributed by atoms with van der Waals surface area (Å²) in [4.78, 5) is 0. The molecule has 104 heavy (non-hydrogen) atoms. The fourth-order valence-electron chi connectivity index (χ4n) is 20.4. The van der Waals surface area contributed by atoms with E-state index in [0.717, 1.165) is 6.42 Å². The zero-order valence-electron chi connectivity index (χ0n) is 62.7. The lowest BCUT2D eigenvalue weighted by molar-refractivity contribution is 0.523. The summed E-state index contributed by atoms with van der Waals surface area (Å²) >= 11 is 0. The highest BCUT2D eigenvalue weighted by Crippen LogP contribution is 2.48. The minimum Gasteiger partial charge on any atom is -0.310 e. The van der Waals surface area contributed by atoms with E-state index in [0.29, 0.717) is 0 Å². The van der Waals surface area contributed by atoms with Crippen molar-refractivity contribution in [2.75, 3.05) is 0 Å². The number of hydrogen-bond donors (Lipinski definition) is 0. The summed E-state index contributed by atoms with van der Waals surface area (Å²) in [5.74, 6) is 0. The van der Waals surface area contributed by atoms with E-state index in [1.54, 1.807) is 0 Å². The third kappa shape index (κ3) is 8.29. The molecule has 0 bridgehead atoms. The molecule has 0 radical (unpaired) electrons. The molecule has 0 fully saturated rings. The first-order chi connectivity index (χ1) is 49.7. The van der Waals surface area contributed by atoms with E-state index in [1.807, 2.05) is 0 Å². The Balaban J connectivity index is 0.709. The second kappa shape index (κ2) is 20.4.